The number of aromatic nitrogens is 2. The van der Waals surface area contributed by atoms with Crippen LogP contribution in [0.2, 0.25) is 0 Å². The SMILES string of the molecule is O=C(N[C@H](n1cnccc1=O)C(Cl)(Cl)Cl)c1ccccc1. The highest BCUT2D eigenvalue weighted by Gasteiger charge is 2.36. The van der Waals surface area contributed by atoms with Crippen LogP contribution in [-0.4, -0.2) is 19.3 Å². The van der Waals surface area contributed by atoms with E-state index in [1.807, 2.05) is 0 Å². The fraction of sp³-hybridized carbons (Fsp3) is 0.154. The van der Waals surface area contributed by atoms with Crippen molar-refractivity contribution in [3.63, 3.8) is 0 Å². The van der Waals surface area contributed by atoms with Crippen molar-refractivity contribution in [2.75, 3.05) is 0 Å². The molecule has 1 heterocycles. The van der Waals surface area contributed by atoms with Gasteiger partial charge in [-0.2, -0.15) is 0 Å². The summed E-state index contributed by atoms with van der Waals surface area (Å²) in [7, 11) is 0. The number of hydrogen-bond donors (Lipinski definition) is 1. The van der Waals surface area contributed by atoms with Crippen LogP contribution in [-0.2, 0) is 0 Å². The van der Waals surface area contributed by atoms with E-state index in [0.717, 1.165) is 4.57 Å². The Morgan fingerprint density at radius 2 is 1.86 bits per heavy atom. The summed E-state index contributed by atoms with van der Waals surface area (Å²) >= 11 is 17.6. The van der Waals surface area contributed by atoms with Gasteiger partial charge in [-0.05, 0) is 12.1 Å². The van der Waals surface area contributed by atoms with Gasteiger partial charge in [0.15, 0.2) is 6.17 Å². The van der Waals surface area contributed by atoms with Gasteiger partial charge >= 0.3 is 0 Å². The molecule has 110 valence electrons. The van der Waals surface area contributed by atoms with Crippen LogP contribution in [0.3, 0.4) is 0 Å². The van der Waals surface area contributed by atoms with Crippen LogP contribution in [0.5, 0.6) is 0 Å². The van der Waals surface area contributed by atoms with Crippen molar-refractivity contribution in [1.29, 1.82) is 0 Å². The number of carbonyl (C=O) groups is 1. The molecule has 1 N–H and O–H groups in total. The topological polar surface area (TPSA) is 64.0 Å². The largest absolute Gasteiger partial charge is 0.328 e. The zero-order chi connectivity index (χ0) is 15.5. The van der Waals surface area contributed by atoms with Crippen LogP contribution < -0.4 is 10.9 Å². The number of benzene rings is 1. The first-order valence-corrected chi connectivity index (χ1v) is 6.98. The van der Waals surface area contributed by atoms with Gasteiger partial charge in [0.2, 0.25) is 3.79 Å². The van der Waals surface area contributed by atoms with E-state index in [4.69, 9.17) is 34.8 Å². The van der Waals surface area contributed by atoms with Gasteiger partial charge in [0.1, 0.15) is 0 Å². The molecule has 0 aliphatic carbocycles. The third-order valence-corrected chi connectivity index (χ3v) is 3.26. The second kappa shape index (κ2) is 6.47. The molecule has 1 amide bonds. The summed E-state index contributed by atoms with van der Waals surface area (Å²) < 4.78 is -0.870. The molecule has 5 nitrogen and oxygen atoms in total. The Balaban J connectivity index is 2.33. The van der Waals surface area contributed by atoms with Gasteiger partial charge in [-0.15, -0.1) is 0 Å². The smallest absolute Gasteiger partial charge is 0.255 e. The van der Waals surface area contributed by atoms with Gasteiger partial charge < -0.3 is 5.32 Å². The lowest BCUT2D eigenvalue weighted by molar-refractivity contribution is 0.0919. The van der Waals surface area contributed by atoms with E-state index < -0.39 is 21.4 Å². The maximum Gasteiger partial charge on any atom is 0.255 e. The van der Waals surface area contributed by atoms with E-state index >= 15 is 0 Å². The standard InChI is InChI=1S/C13H10Cl3N3O2/c14-13(15,16)12(19-8-17-7-6-10(19)20)18-11(21)9-4-2-1-3-5-9/h1-8,12H,(H,18,21)/t12-/m1/s1. The first-order chi connectivity index (χ1) is 9.89. The number of nitrogens with zero attached hydrogens (tertiary/aromatic N) is 2. The van der Waals surface area contributed by atoms with Gasteiger partial charge in [-0.3, -0.25) is 14.2 Å². The molecule has 0 radical (unpaired) electrons. The summed E-state index contributed by atoms with van der Waals surface area (Å²) in [6, 6.07) is 9.60. The minimum Gasteiger partial charge on any atom is -0.328 e. The first-order valence-electron chi connectivity index (χ1n) is 5.84. The van der Waals surface area contributed by atoms with E-state index in [0.29, 0.717) is 5.56 Å². The predicted molar refractivity (Wildman–Crippen MR) is 81.7 cm³/mol. The molecule has 1 aromatic carbocycles. The van der Waals surface area contributed by atoms with Crippen molar-refractivity contribution >= 4 is 40.7 Å². The highest BCUT2D eigenvalue weighted by atomic mass is 35.6. The quantitative estimate of drug-likeness (QED) is 0.869. The Bertz CT molecular complexity index is 683. The molecule has 0 fully saturated rings. The van der Waals surface area contributed by atoms with Crippen LogP contribution in [0.15, 0.2) is 53.7 Å². The second-order valence-electron chi connectivity index (χ2n) is 4.11. The molecule has 0 aliphatic heterocycles. The van der Waals surface area contributed by atoms with E-state index in [2.05, 4.69) is 10.3 Å². The molecule has 2 rings (SSSR count). The van der Waals surface area contributed by atoms with E-state index in [1.165, 1.54) is 18.6 Å². The second-order valence-corrected chi connectivity index (χ2v) is 6.48. The minimum absolute atomic E-state index is 0.383. The van der Waals surface area contributed by atoms with Crippen LogP contribution in [0.4, 0.5) is 0 Å². The fourth-order valence-electron chi connectivity index (χ4n) is 1.66. The van der Waals surface area contributed by atoms with Crippen LogP contribution >= 0.6 is 34.8 Å². The summed E-state index contributed by atoms with van der Waals surface area (Å²) in [4.78, 5) is 27.8. The molecule has 0 unspecified atom stereocenters. The average molecular weight is 347 g/mol. The molecule has 0 aliphatic rings. The average Bonchev–Trinajstić information content (AvgIpc) is 2.45. The highest BCUT2D eigenvalue weighted by molar-refractivity contribution is 6.67. The Hall–Kier alpha value is -1.56. The molecular weight excluding hydrogens is 337 g/mol. The first kappa shape index (κ1) is 15.8. The van der Waals surface area contributed by atoms with Crippen LogP contribution in [0.25, 0.3) is 0 Å². The Kier molecular flexibility index (Phi) is 4.88. The van der Waals surface area contributed by atoms with Crippen LogP contribution in [0, 0.1) is 0 Å². The zero-order valence-electron chi connectivity index (χ0n) is 10.5. The van der Waals surface area contributed by atoms with Crippen molar-refractivity contribution in [2.24, 2.45) is 0 Å². The molecule has 0 bridgehead atoms. The summed E-state index contributed by atoms with van der Waals surface area (Å²) in [6.07, 6.45) is 1.32. The number of hydrogen-bond acceptors (Lipinski definition) is 3. The summed E-state index contributed by atoms with van der Waals surface area (Å²) in [6.45, 7) is 0. The van der Waals surface area contributed by atoms with Crippen molar-refractivity contribution in [1.82, 2.24) is 14.9 Å². The van der Waals surface area contributed by atoms with Gasteiger partial charge in [0, 0.05) is 17.8 Å². The van der Waals surface area contributed by atoms with Crippen LogP contribution in [0.1, 0.15) is 16.5 Å². The Labute approximate surface area is 135 Å². The molecule has 0 spiro atoms. The van der Waals surface area contributed by atoms with Gasteiger partial charge in [-0.25, -0.2) is 4.98 Å². The molecule has 2 aromatic rings. The number of alkyl halides is 3. The summed E-state index contributed by atoms with van der Waals surface area (Å²) in [5.41, 5.74) is -0.0663. The monoisotopic (exact) mass is 345 g/mol. The highest BCUT2D eigenvalue weighted by Crippen LogP contribution is 2.36. The number of rotatable bonds is 3. The number of halogens is 3. The normalized spacial score (nSPS) is 12.7. The van der Waals surface area contributed by atoms with Crippen molar-refractivity contribution in [2.45, 2.75) is 9.96 Å². The molecule has 1 aromatic heterocycles. The fourth-order valence-corrected chi connectivity index (χ4v) is 2.14. The molecule has 0 saturated heterocycles. The lowest BCUT2D eigenvalue weighted by Crippen LogP contribution is -2.44. The lowest BCUT2D eigenvalue weighted by Gasteiger charge is -2.26. The van der Waals surface area contributed by atoms with Crippen molar-refractivity contribution < 1.29 is 4.79 Å². The third-order valence-electron chi connectivity index (χ3n) is 2.64. The van der Waals surface area contributed by atoms with E-state index in [1.54, 1.807) is 30.3 Å². The predicted octanol–water partition coefficient (Wildman–Crippen LogP) is 2.54. The Morgan fingerprint density at radius 3 is 2.43 bits per heavy atom. The van der Waals surface area contributed by atoms with E-state index in [9.17, 15) is 9.59 Å². The van der Waals surface area contributed by atoms with Gasteiger partial charge in [-0.1, -0.05) is 53.0 Å². The number of amides is 1. The molecule has 8 heteroatoms. The van der Waals surface area contributed by atoms with Gasteiger partial charge in [0.05, 0.1) is 6.33 Å². The number of nitrogens with one attached hydrogen (secondary N) is 1. The third kappa shape index (κ3) is 3.97. The molecular formula is C13H10Cl3N3O2. The maximum absolute atomic E-state index is 12.2. The van der Waals surface area contributed by atoms with Crippen molar-refractivity contribution in [3.05, 3.63) is 64.8 Å². The summed E-state index contributed by atoms with van der Waals surface area (Å²) in [5, 5.41) is 2.52. The molecule has 21 heavy (non-hydrogen) atoms. The van der Waals surface area contributed by atoms with E-state index in [-0.39, 0.29) is 0 Å². The van der Waals surface area contributed by atoms with Gasteiger partial charge in [0.25, 0.3) is 11.5 Å². The molecule has 1 atom stereocenters. The summed E-state index contributed by atoms with van der Waals surface area (Å²) in [5.74, 6) is -0.470. The number of carbonyl (C=O) groups excluding carboxylic acids is 1. The Morgan fingerprint density at radius 1 is 1.19 bits per heavy atom. The lowest BCUT2D eigenvalue weighted by atomic mass is 10.2. The maximum atomic E-state index is 12.2. The molecule has 0 saturated carbocycles. The minimum atomic E-state index is -1.92. The zero-order valence-corrected chi connectivity index (χ0v) is 12.8. The van der Waals surface area contributed by atoms with Crippen molar-refractivity contribution in [3.8, 4) is 0 Å².